The molecule has 0 aromatic rings. The first-order chi connectivity index (χ1) is 7.34. The van der Waals surface area contributed by atoms with E-state index in [2.05, 4.69) is 4.90 Å². The van der Waals surface area contributed by atoms with Crippen molar-refractivity contribution in [2.24, 2.45) is 5.92 Å². The summed E-state index contributed by atoms with van der Waals surface area (Å²) in [6.45, 7) is 3.70. The molecule has 2 aliphatic heterocycles. The minimum Gasteiger partial charge on any atom is -0.462 e. The quantitative estimate of drug-likeness (QED) is 0.589. The largest absolute Gasteiger partial charge is 0.462 e. The van der Waals surface area contributed by atoms with Gasteiger partial charge in [0.1, 0.15) is 6.10 Å². The van der Waals surface area contributed by atoms with Crippen molar-refractivity contribution in [1.29, 1.82) is 0 Å². The van der Waals surface area contributed by atoms with Crippen molar-refractivity contribution < 1.29 is 14.3 Å². The van der Waals surface area contributed by atoms with Gasteiger partial charge in [0.15, 0.2) is 0 Å². The summed E-state index contributed by atoms with van der Waals surface area (Å²) in [7, 11) is 0. The number of hydrogen-bond donors (Lipinski definition) is 0. The van der Waals surface area contributed by atoms with Crippen LogP contribution in [0.25, 0.3) is 0 Å². The molecule has 0 N–H and O–H groups in total. The molecule has 3 atom stereocenters. The van der Waals surface area contributed by atoms with Crippen LogP contribution in [-0.4, -0.2) is 49.3 Å². The van der Waals surface area contributed by atoms with Crippen molar-refractivity contribution >= 4 is 5.97 Å². The van der Waals surface area contributed by atoms with E-state index in [9.17, 15) is 4.79 Å². The molecule has 0 amide bonds. The predicted molar refractivity (Wildman–Crippen MR) is 53.4 cm³/mol. The van der Waals surface area contributed by atoms with E-state index in [0.717, 1.165) is 32.7 Å². The number of hydrogen-bond acceptors (Lipinski definition) is 4. The van der Waals surface area contributed by atoms with Crippen molar-refractivity contribution in [3.8, 4) is 0 Å². The Morgan fingerprint density at radius 3 is 2.80 bits per heavy atom. The fourth-order valence-corrected chi connectivity index (χ4v) is 3.20. The highest BCUT2D eigenvalue weighted by atomic mass is 16.6. The first-order valence-corrected chi connectivity index (χ1v) is 5.86. The maximum absolute atomic E-state index is 11.2. The van der Waals surface area contributed by atoms with E-state index in [0.29, 0.717) is 18.4 Å². The second kappa shape index (κ2) is 3.76. The number of nitrogens with zero attached hydrogens (tertiary/aromatic N) is 1. The number of esters is 1. The molecule has 4 heteroatoms. The molecule has 3 rings (SSSR count). The van der Waals surface area contributed by atoms with Crippen molar-refractivity contribution in [2.75, 3.05) is 26.3 Å². The summed E-state index contributed by atoms with van der Waals surface area (Å²) in [6.07, 6.45) is 3.08. The first-order valence-electron chi connectivity index (χ1n) is 5.86. The van der Waals surface area contributed by atoms with E-state index in [1.165, 1.54) is 6.42 Å². The van der Waals surface area contributed by atoms with E-state index in [-0.39, 0.29) is 12.1 Å². The highest BCUT2D eigenvalue weighted by molar-refractivity contribution is 5.72. The lowest BCUT2D eigenvalue weighted by Gasteiger charge is -2.34. The third-order valence-corrected chi connectivity index (χ3v) is 3.92. The van der Waals surface area contributed by atoms with Gasteiger partial charge in [-0.3, -0.25) is 9.69 Å². The summed E-state index contributed by atoms with van der Waals surface area (Å²) in [5.41, 5.74) is 0. The molecule has 2 saturated heterocycles. The summed E-state index contributed by atoms with van der Waals surface area (Å²) in [5.74, 6) is 0.457. The fourth-order valence-electron chi connectivity index (χ4n) is 3.20. The number of fused-ring (bicyclic) bond motifs is 1. The highest BCUT2D eigenvalue weighted by Crippen LogP contribution is 2.39. The molecule has 0 bridgehead atoms. The Kier molecular flexibility index (Phi) is 2.41. The third kappa shape index (κ3) is 1.66. The average Bonchev–Trinajstić information content (AvgIpc) is 2.77. The molecule has 0 unspecified atom stereocenters. The van der Waals surface area contributed by atoms with E-state index in [4.69, 9.17) is 9.47 Å². The van der Waals surface area contributed by atoms with Crippen LogP contribution in [0.2, 0.25) is 0 Å². The van der Waals surface area contributed by atoms with Gasteiger partial charge in [-0.25, -0.2) is 0 Å². The Morgan fingerprint density at radius 2 is 2.00 bits per heavy atom. The molecule has 1 aliphatic carbocycles. The van der Waals surface area contributed by atoms with Crippen molar-refractivity contribution in [3.63, 3.8) is 0 Å². The van der Waals surface area contributed by atoms with Gasteiger partial charge in [-0.1, -0.05) is 0 Å². The van der Waals surface area contributed by atoms with Gasteiger partial charge in [-0.05, 0) is 12.8 Å². The van der Waals surface area contributed by atoms with Crippen molar-refractivity contribution in [2.45, 2.75) is 31.4 Å². The summed E-state index contributed by atoms with van der Waals surface area (Å²) in [6, 6.07) is 0.561. The summed E-state index contributed by atoms with van der Waals surface area (Å²) in [4.78, 5) is 13.7. The molecule has 3 fully saturated rings. The molecule has 4 nitrogen and oxygen atoms in total. The summed E-state index contributed by atoms with van der Waals surface area (Å²) >= 11 is 0. The first kappa shape index (κ1) is 9.60. The monoisotopic (exact) mass is 211 g/mol. The smallest absolute Gasteiger partial charge is 0.306 e. The van der Waals surface area contributed by atoms with E-state index >= 15 is 0 Å². The maximum Gasteiger partial charge on any atom is 0.306 e. The Balaban J connectivity index is 1.68. The molecule has 0 radical (unpaired) electrons. The van der Waals surface area contributed by atoms with Crippen LogP contribution in [0.4, 0.5) is 0 Å². The second-order valence-corrected chi connectivity index (χ2v) is 4.69. The number of carbonyl (C=O) groups excluding carboxylic acids is 1. The molecule has 3 aliphatic rings. The molecular weight excluding hydrogens is 194 g/mol. The van der Waals surface area contributed by atoms with Crippen LogP contribution in [0.5, 0.6) is 0 Å². The standard InChI is InChI=1S/C11H17NO3/c13-11-7-8-9(1-2-10(8)15-11)12-3-5-14-6-4-12/h8-10H,1-7H2/t8-,9+,10+/m0/s1. The third-order valence-electron chi connectivity index (χ3n) is 3.92. The van der Waals surface area contributed by atoms with Crippen LogP contribution >= 0.6 is 0 Å². The molecule has 15 heavy (non-hydrogen) atoms. The minimum absolute atomic E-state index is 0.00274. The van der Waals surface area contributed by atoms with E-state index < -0.39 is 0 Å². The van der Waals surface area contributed by atoms with Crippen LogP contribution < -0.4 is 0 Å². The zero-order valence-corrected chi connectivity index (χ0v) is 8.85. The van der Waals surface area contributed by atoms with Crippen LogP contribution in [0, 0.1) is 5.92 Å². The number of ether oxygens (including phenoxy) is 2. The fraction of sp³-hybridized carbons (Fsp3) is 0.909. The van der Waals surface area contributed by atoms with Gasteiger partial charge in [0.2, 0.25) is 0 Å². The van der Waals surface area contributed by atoms with Crippen molar-refractivity contribution in [1.82, 2.24) is 4.90 Å². The van der Waals surface area contributed by atoms with Gasteiger partial charge in [0, 0.05) is 25.0 Å². The molecule has 84 valence electrons. The van der Waals surface area contributed by atoms with Gasteiger partial charge in [-0.2, -0.15) is 0 Å². The van der Waals surface area contributed by atoms with Crippen LogP contribution in [0.3, 0.4) is 0 Å². The molecule has 0 aromatic heterocycles. The Labute approximate surface area is 89.5 Å². The average molecular weight is 211 g/mol. The molecular formula is C11H17NO3. The van der Waals surface area contributed by atoms with E-state index in [1.807, 2.05) is 0 Å². The van der Waals surface area contributed by atoms with Gasteiger partial charge < -0.3 is 9.47 Å². The lowest BCUT2D eigenvalue weighted by molar-refractivity contribution is -0.141. The SMILES string of the molecule is O=C1C[C@H]2[C@H](N3CCOCC3)CC[C@H]2O1. The van der Waals surface area contributed by atoms with Crippen LogP contribution in [0.15, 0.2) is 0 Å². The number of morpholine rings is 1. The molecule has 0 spiro atoms. The zero-order chi connectivity index (χ0) is 10.3. The molecule has 2 heterocycles. The van der Waals surface area contributed by atoms with Gasteiger partial charge in [0.25, 0.3) is 0 Å². The number of rotatable bonds is 1. The minimum atomic E-state index is 0.00274. The van der Waals surface area contributed by atoms with Gasteiger partial charge >= 0.3 is 5.97 Å². The lowest BCUT2D eigenvalue weighted by Crippen LogP contribution is -2.45. The normalized spacial score (nSPS) is 41.6. The predicted octanol–water partition coefficient (Wildman–Crippen LogP) is 0.413. The second-order valence-electron chi connectivity index (χ2n) is 4.69. The van der Waals surface area contributed by atoms with Crippen LogP contribution in [0.1, 0.15) is 19.3 Å². The lowest BCUT2D eigenvalue weighted by atomic mass is 9.98. The molecule has 1 saturated carbocycles. The topological polar surface area (TPSA) is 38.8 Å². The summed E-state index contributed by atoms with van der Waals surface area (Å²) < 4.78 is 10.7. The Morgan fingerprint density at radius 1 is 1.20 bits per heavy atom. The number of carbonyl (C=O) groups is 1. The Hall–Kier alpha value is -0.610. The van der Waals surface area contributed by atoms with Gasteiger partial charge in [0.05, 0.1) is 19.6 Å². The Bertz CT molecular complexity index is 263. The summed E-state index contributed by atoms with van der Waals surface area (Å²) in [5, 5.41) is 0. The van der Waals surface area contributed by atoms with E-state index in [1.54, 1.807) is 0 Å². The zero-order valence-electron chi connectivity index (χ0n) is 8.85. The van der Waals surface area contributed by atoms with Crippen molar-refractivity contribution in [3.05, 3.63) is 0 Å². The highest BCUT2D eigenvalue weighted by Gasteiger charge is 2.46. The maximum atomic E-state index is 11.2. The molecule has 0 aromatic carbocycles. The van der Waals surface area contributed by atoms with Crippen LogP contribution in [-0.2, 0) is 14.3 Å². The van der Waals surface area contributed by atoms with Gasteiger partial charge in [-0.15, -0.1) is 0 Å².